The van der Waals surface area contributed by atoms with E-state index >= 15 is 0 Å². The van der Waals surface area contributed by atoms with Gasteiger partial charge in [-0.15, -0.1) is 0 Å². The second-order valence-corrected chi connectivity index (χ2v) is 8.16. The van der Waals surface area contributed by atoms with Crippen LogP contribution in [0.2, 0.25) is 10.0 Å². The van der Waals surface area contributed by atoms with E-state index in [9.17, 15) is 4.79 Å². The van der Waals surface area contributed by atoms with Crippen LogP contribution in [-0.2, 0) is 0 Å². The van der Waals surface area contributed by atoms with Gasteiger partial charge in [-0.05, 0) is 73.6 Å². The molecule has 0 unspecified atom stereocenters. The SMILES string of the molecule is O=C(NC(=S)Nc1cccc(Cl)c1N1CCCC1)c1ccc(-c2ccc(Cl)cc2)o1. The minimum absolute atomic E-state index is 0.162. The van der Waals surface area contributed by atoms with E-state index in [-0.39, 0.29) is 10.9 Å². The molecule has 1 saturated heterocycles. The number of carbonyl (C=O) groups is 1. The number of thiocarbonyl (C=S) groups is 1. The minimum Gasteiger partial charge on any atom is -0.451 e. The second kappa shape index (κ2) is 9.08. The first kappa shape index (κ1) is 20.7. The lowest BCUT2D eigenvalue weighted by Crippen LogP contribution is -2.34. The first-order valence-corrected chi connectivity index (χ1v) is 10.7. The first-order valence-electron chi connectivity index (χ1n) is 9.53. The number of nitrogens with one attached hydrogen (secondary N) is 2. The van der Waals surface area contributed by atoms with Crippen molar-refractivity contribution in [3.8, 4) is 11.3 Å². The Morgan fingerprint density at radius 2 is 1.73 bits per heavy atom. The zero-order chi connectivity index (χ0) is 21.1. The summed E-state index contributed by atoms with van der Waals surface area (Å²) >= 11 is 17.7. The van der Waals surface area contributed by atoms with Gasteiger partial charge in [0.1, 0.15) is 5.76 Å². The van der Waals surface area contributed by atoms with Gasteiger partial charge < -0.3 is 14.6 Å². The second-order valence-electron chi connectivity index (χ2n) is 6.91. The van der Waals surface area contributed by atoms with Gasteiger partial charge in [0.15, 0.2) is 10.9 Å². The Labute approximate surface area is 190 Å². The molecule has 1 aliphatic rings. The molecule has 4 rings (SSSR count). The summed E-state index contributed by atoms with van der Waals surface area (Å²) in [6.45, 7) is 1.88. The Balaban J connectivity index is 1.44. The molecule has 2 N–H and O–H groups in total. The lowest BCUT2D eigenvalue weighted by atomic mass is 10.2. The minimum atomic E-state index is -0.433. The molecule has 154 valence electrons. The number of furan rings is 1. The number of carbonyl (C=O) groups excluding carboxylic acids is 1. The van der Waals surface area contributed by atoms with Crippen molar-refractivity contribution in [1.82, 2.24) is 5.32 Å². The van der Waals surface area contributed by atoms with Gasteiger partial charge >= 0.3 is 0 Å². The highest BCUT2D eigenvalue weighted by Gasteiger charge is 2.20. The van der Waals surface area contributed by atoms with Gasteiger partial charge in [-0.2, -0.15) is 0 Å². The molecule has 2 heterocycles. The van der Waals surface area contributed by atoms with Gasteiger partial charge in [0.05, 0.1) is 16.4 Å². The van der Waals surface area contributed by atoms with Crippen LogP contribution in [0.3, 0.4) is 0 Å². The molecule has 1 aromatic heterocycles. The van der Waals surface area contributed by atoms with Crippen LogP contribution in [0.5, 0.6) is 0 Å². The molecule has 3 aromatic rings. The highest BCUT2D eigenvalue weighted by atomic mass is 35.5. The average Bonchev–Trinajstić information content (AvgIpc) is 3.41. The summed E-state index contributed by atoms with van der Waals surface area (Å²) < 4.78 is 5.67. The molecule has 1 fully saturated rings. The summed E-state index contributed by atoms with van der Waals surface area (Å²) in [6, 6.07) is 16.1. The molecule has 0 aliphatic carbocycles. The standard InChI is InChI=1S/C22H19Cl2N3O2S/c23-15-8-6-14(7-9-15)18-10-11-19(29-18)21(28)26-22(30)25-17-5-3-4-16(24)20(17)27-12-1-2-13-27/h3-11H,1-2,12-13H2,(H2,25,26,28,30). The van der Waals surface area contributed by atoms with Crippen molar-refractivity contribution in [2.75, 3.05) is 23.3 Å². The molecule has 0 radical (unpaired) electrons. The third-order valence-electron chi connectivity index (χ3n) is 4.84. The highest BCUT2D eigenvalue weighted by molar-refractivity contribution is 7.80. The van der Waals surface area contributed by atoms with Crippen molar-refractivity contribution in [2.24, 2.45) is 0 Å². The van der Waals surface area contributed by atoms with E-state index in [1.54, 1.807) is 24.3 Å². The summed E-state index contributed by atoms with van der Waals surface area (Å²) in [7, 11) is 0. The van der Waals surface area contributed by atoms with Gasteiger partial charge in [0.2, 0.25) is 0 Å². The van der Waals surface area contributed by atoms with Gasteiger partial charge in [-0.1, -0.05) is 29.3 Å². The van der Waals surface area contributed by atoms with Crippen molar-refractivity contribution in [3.05, 3.63) is 70.4 Å². The third-order valence-corrected chi connectivity index (χ3v) is 5.60. The quantitative estimate of drug-likeness (QED) is 0.469. The van der Waals surface area contributed by atoms with E-state index in [0.29, 0.717) is 15.8 Å². The molecular weight excluding hydrogens is 441 g/mol. The van der Waals surface area contributed by atoms with E-state index in [0.717, 1.165) is 42.9 Å². The number of nitrogens with zero attached hydrogens (tertiary/aromatic N) is 1. The molecule has 0 atom stereocenters. The third kappa shape index (κ3) is 4.61. The maximum Gasteiger partial charge on any atom is 0.293 e. The van der Waals surface area contributed by atoms with Crippen molar-refractivity contribution >= 4 is 57.8 Å². The van der Waals surface area contributed by atoms with E-state index in [1.165, 1.54) is 0 Å². The maximum atomic E-state index is 12.6. The number of rotatable bonds is 4. The lowest BCUT2D eigenvalue weighted by Gasteiger charge is -2.23. The molecule has 1 aliphatic heterocycles. The van der Waals surface area contributed by atoms with Gasteiger partial charge in [-0.25, -0.2) is 0 Å². The van der Waals surface area contributed by atoms with E-state index in [2.05, 4.69) is 15.5 Å². The fourth-order valence-electron chi connectivity index (χ4n) is 3.43. The van der Waals surface area contributed by atoms with Crippen molar-refractivity contribution < 1.29 is 9.21 Å². The van der Waals surface area contributed by atoms with Crippen LogP contribution in [0, 0.1) is 0 Å². The Kier molecular flexibility index (Phi) is 6.27. The van der Waals surface area contributed by atoms with E-state index < -0.39 is 5.91 Å². The number of benzene rings is 2. The number of anilines is 2. The molecule has 5 nitrogen and oxygen atoms in total. The largest absolute Gasteiger partial charge is 0.451 e. The van der Waals surface area contributed by atoms with Crippen molar-refractivity contribution in [1.29, 1.82) is 0 Å². The predicted molar refractivity (Wildman–Crippen MR) is 126 cm³/mol. The van der Waals surface area contributed by atoms with Crippen LogP contribution in [0.4, 0.5) is 11.4 Å². The molecular formula is C22H19Cl2N3O2S. The summed E-state index contributed by atoms with van der Waals surface area (Å²) in [5, 5.41) is 7.21. The number of hydrogen-bond acceptors (Lipinski definition) is 4. The monoisotopic (exact) mass is 459 g/mol. The number of para-hydroxylation sites is 1. The normalized spacial score (nSPS) is 13.3. The summed E-state index contributed by atoms with van der Waals surface area (Å²) in [5.41, 5.74) is 2.49. The molecule has 1 amide bonds. The zero-order valence-corrected chi connectivity index (χ0v) is 18.3. The Morgan fingerprint density at radius 3 is 2.47 bits per heavy atom. The molecule has 8 heteroatoms. The van der Waals surface area contributed by atoms with E-state index in [1.807, 2.05) is 30.3 Å². The fraction of sp³-hybridized carbons (Fsp3) is 0.182. The van der Waals surface area contributed by atoms with Gasteiger partial charge in [0, 0.05) is 23.7 Å². The van der Waals surface area contributed by atoms with Gasteiger partial charge in [-0.3, -0.25) is 10.1 Å². The Morgan fingerprint density at radius 1 is 1.00 bits per heavy atom. The predicted octanol–water partition coefficient (Wildman–Crippen LogP) is 5.98. The maximum absolute atomic E-state index is 12.6. The molecule has 0 spiro atoms. The van der Waals surface area contributed by atoms with Crippen LogP contribution >= 0.6 is 35.4 Å². The Bertz CT molecular complexity index is 1080. The zero-order valence-electron chi connectivity index (χ0n) is 16.0. The molecule has 0 saturated carbocycles. The lowest BCUT2D eigenvalue weighted by molar-refractivity contribution is 0.0951. The summed E-state index contributed by atoms with van der Waals surface area (Å²) in [6.07, 6.45) is 2.25. The van der Waals surface area contributed by atoms with Crippen molar-refractivity contribution in [2.45, 2.75) is 12.8 Å². The number of hydrogen-bond donors (Lipinski definition) is 2. The molecule has 30 heavy (non-hydrogen) atoms. The number of amides is 1. The molecule has 2 aromatic carbocycles. The van der Waals surface area contributed by atoms with Crippen LogP contribution in [-0.4, -0.2) is 24.1 Å². The summed E-state index contributed by atoms with van der Waals surface area (Å²) in [5.74, 6) is 0.300. The Hall–Kier alpha value is -2.54. The molecule has 0 bridgehead atoms. The van der Waals surface area contributed by atoms with Crippen LogP contribution < -0.4 is 15.5 Å². The topological polar surface area (TPSA) is 57.5 Å². The number of halogens is 2. The van der Waals surface area contributed by atoms with Gasteiger partial charge in [0.25, 0.3) is 5.91 Å². The summed E-state index contributed by atoms with van der Waals surface area (Å²) in [4.78, 5) is 14.8. The first-order chi connectivity index (χ1) is 14.5. The highest BCUT2D eigenvalue weighted by Crippen LogP contribution is 2.36. The van der Waals surface area contributed by atoms with Crippen LogP contribution in [0.1, 0.15) is 23.4 Å². The average molecular weight is 460 g/mol. The fourth-order valence-corrected chi connectivity index (χ4v) is 4.05. The van der Waals surface area contributed by atoms with Crippen molar-refractivity contribution in [3.63, 3.8) is 0 Å². The van der Waals surface area contributed by atoms with Crippen LogP contribution in [0.15, 0.2) is 59.0 Å². The van der Waals surface area contributed by atoms with Crippen LogP contribution in [0.25, 0.3) is 11.3 Å². The smallest absolute Gasteiger partial charge is 0.293 e. The van der Waals surface area contributed by atoms with E-state index in [4.69, 9.17) is 39.8 Å².